The van der Waals surface area contributed by atoms with E-state index in [1.807, 2.05) is 4.90 Å². The third-order valence-corrected chi connectivity index (χ3v) is 4.86. The fourth-order valence-electron chi connectivity index (χ4n) is 3.61. The minimum absolute atomic E-state index is 0.0199. The molecular formula is C20H29N3O2. The number of benzene rings is 1. The van der Waals surface area contributed by atoms with Gasteiger partial charge in [0.15, 0.2) is 0 Å². The largest absolute Gasteiger partial charge is 0.376 e. The zero-order chi connectivity index (χ0) is 17.6. The van der Waals surface area contributed by atoms with Crippen LogP contribution in [0.15, 0.2) is 30.3 Å². The molecule has 5 nitrogen and oxygen atoms in total. The molecule has 1 aromatic heterocycles. The van der Waals surface area contributed by atoms with Gasteiger partial charge in [0.1, 0.15) is 0 Å². The Hall–Kier alpha value is -2.01. The topological polar surface area (TPSA) is 46.5 Å². The lowest BCUT2D eigenvalue weighted by molar-refractivity contribution is 0.0813. The summed E-state index contributed by atoms with van der Waals surface area (Å²) < 4.78 is 7.95. The second-order valence-corrected chi connectivity index (χ2v) is 6.81. The summed E-state index contributed by atoms with van der Waals surface area (Å²) in [6.45, 7) is 7.93. The summed E-state index contributed by atoms with van der Waals surface area (Å²) >= 11 is 0. The average Bonchev–Trinajstić information content (AvgIpc) is 3.22. The first kappa shape index (κ1) is 17.8. The molecule has 0 bridgehead atoms. The molecule has 0 unspecified atom stereocenters. The van der Waals surface area contributed by atoms with Crippen molar-refractivity contribution in [2.45, 2.75) is 45.8 Å². The smallest absolute Gasteiger partial charge is 0.317 e. The second kappa shape index (κ2) is 8.39. The fourth-order valence-corrected chi connectivity index (χ4v) is 3.61. The van der Waals surface area contributed by atoms with E-state index in [-0.39, 0.29) is 12.1 Å². The lowest BCUT2D eigenvalue weighted by Crippen LogP contribution is -2.45. The van der Waals surface area contributed by atoms with Gasteiger partial charge < -0.3 is 19.5 Å². The number of para-hydroxylation sites is 1. The Morgan fingerprint density at radius 3 is 3.00 bits per heavy atom. The van der Waals surface area contributed by atoms with Gasteiger partial charge in [0.2, 0.25) is 0 Å². The van der Waals surface area contributed by atoms with Gasteiger partial charge in [0, 0.05) is 44.0 Å². The van der Waals surface area contributed by atoms with Gasteiger partial charge >= 0.3 is 6.03 Å². The van der Waals surface area contributed by atoms with Crippen molar-refractivity contribution in [3.05, 3.63) is 36.0 Å². The number of aromatic nitrogens is 1. The Morgan fingerprint density at radius 1 is 1.40 bits per heavy atom. The van der Waals surface area contributed by atoms with Gasteiger partial charge in [-0.3, -0.25) is 0 Å². The first-order chi connectivity index (χ1) is 12.2. The van der Waals surface area contributed by atoms with Crippen molar-refractivity contribution in [2.75, 3.05) is 26.2 Å². The van der Waals surface area contributed by atoms with E-state index < -0.39 is 0 Å². The van der Waals surface area contributed by atoms with Crippen LogP contribution < -0.4 is 5.32 Å². The van der Waals surface area contributed by atoms with E-state index >= 15 is 0 Å². The highest BCUT2D eigenvalue weighted by atomic mass is 16.5. The van der Waals surface area contributed by atoms with E-state index in [0.717, 1.165) is 39.0 Å². The van der Waals surface area contributed by atoms with Gasteiger partial charge in [0.05, 0.1) is 6.10 Å². The van der Waals surface area contributed by atoms with E-state index in [9.17, 15) is 4.79 Å². The molecule has 2 amide bonds. The highest BCUT2D eigenvalue weighted by molar-refractivity contribution is 5.81. The standard InChI is InChI=1S/C20H29N3O2/c1-3-11-22(15-18-8-6-13-25-18)20(24)21-10-12-23-16(2)14-17-7-4-5-9-19(17)23/h4-5,7,9,14,18H,3,6,8,10-13,15H2,1-2H3,(H,21,24)/t18-/m0/s1. The fraction of sp³-hybridized carbons (Fsp3) is 0.550. The lowest BCUT2D eigenvalue weighted by atomic mass is 10.2. The number of carbonyl (C=O) groups is 1. The number of nitrogens with zero attached hydrogens (tertiary/aromatic N) is 2. The first-order valence-corrected chi connectivity index (χ1v) is 9.38. The van der Waals surface area contributed by atoms with Gasteiger partial charge in [-0.25, -0.2) is 4.79 Å². The summed E-state index contributed by atoms with van der Waals surface area (Å²) in [6, 6.07) is 10.6. The van der Waals surface area contributed by atoms with Crippen molar-refractivity contribution < 1.29 is 9.53 Å². The molecular weight excluding hydrogens is 314 g/mol. The van der Waals surface area contributed by atoms with Crippen molar-refractivity contribution in [3.63, 3.8) is 0 Å². The Kier molecular flexibility index (Phi) is 5.97. The molecule has 136 valence electrons. The van der Waals surface area contributed by atoms with Crippen LogP contribution in [0.4, 0.5) is 4.79 Å². The number of hydrogen-bond acceptors (Lipinski definition) is 2. The van der Waals surface area contributed by atoms with E-state index in [4.69, 9.17) is 4.74 Å². The van der Waals surface area contributed by atoms with Gasteiger partial charge in [-0.15, -0.1) is 0 Å². The Balaban J connectivity index is 1.55. The minimum Gasteiger partial charge on any atom is -0.376 e. The summed E-state index contributed by atoms with van der Waals surface area (Å²) in [5.74, 6) is 0. The van der Waals surface area contributed by atoms with Crippen molar-refractivity contribution >= 4 is 16.9 Å². The molecule has 2 aromatic rings. The quantitative estimate of drug-likeness (QED) is 0.836. The normalized spacial score (nSPS) is 17.1. The second-order valence-electron chi connectivity index (χ2n) is 6.81. The Bertz CT molecular complexity index is 704. The molecule has 0 spiro atoms. The number of fused-ring (bicyclic) bond motifs is 1. The molecule has 1 atom stereocenters. The molecule has 1 saturated heterocycles. The van der Waals surface area contributed by atoms with Crippen LogP contribution in [0, 0.1) is 6.92 Å². The van der Waals surface area contributed by atoms with Crippen LogP contribution >= 0.6 is 0 Å². The highest BCUT2D eigenvalue weighted by Crippen LogP contribution is 2.18. The molecule has 25 heavy (non-hydrogen) atoms. The highest BCUT2D eigenvalue weighted by Gasteiger charge is 2.21. The van der Waals surface area contributed by atoms with Crippen LogP contribution in [0.5, 0.6) is 0 Å². The maximum Gasteiger partial charge on any atom is 0.317 e. The summed E-state index contributed by atoms with van der Waals surface area (Å²) in [5.41, 5.74) is 2.44. The van der Waals surface area contributed by atoms with Crippen molar-refractivity contribution in [3.8, 4) is 0 Å². The van der Waals surface area contributed by atoms with Crippen molar-refractivity contribution in [2.24, 2.45) is 0 Å². The Labute approximate surface area is 149 Å². The van der Waals surface area contributed by atoms with E-state index in [1.54, 1.807) is 0 Å². The summed E-state index contributed by atoms with van der Waals surface area (Å²) in [5, 5.41) is 4.33. The SMILES string of the molecule is CCCN(C[C@@H]1CCCO1)C(=O)NCCn1c(C)cc2ccccc21. The molecule has 0 radical (unpaired) electrons. The molecule has 0 aliphatic carbocycles. The van der Waals surface area contributed by atoms with Crippen LogP contribution in [0.25, 0.3) is 10.9 Å². The third-order valence-electron chi connectivity index (χ3n) is 4.86. The number of nitrogens with one attached hydrogen (secondary N) is 1. The van der Waals surface area contributed by atoms with Crippen molar-refractivity contribution in [1.82, 2.24) is 14.8 Å². The molecule has 2 heterocycles. The maximum atomic E-state index is 12.5. The zero-order valence-electron chi connectivity index (χ0n) is 15.3. The number of rotatable bonds is 7. The predicted molar refractivity (Wildman–Crippen MR) is 101 cm³/mol. The maximum absolute atomic E-state index is 12.5. The Morgan fingerprint density at radius 2 is 2.24 bits per heavy atom. The molecule has 1 aromatic carbocycles. The molecule has 1 fully saturated rings. The van der Waals surface area contributed by atoms with Crippen molar-refractivity contribution in [1.29, 1.82) is 0 Å². The molecule has 5 heteroatoms. The van der Waals surface area contributed by atoms with E-state index in [2.05, 4.69) is 54.1 Å². The van der Waals surface area contributed by atoms with Crippen LogP contribution in [0.2, 0.25) is 0 Å². The number of aryl methyl sites for hydroxylation is 1. The molecule has 1 aliphatic heterocycles. The summed E-state index contributed by atoms with van der Waals surface area (Å²) in [7, 11) is 0. The number of carbonyl (C=O) groups excluding carboxylic acids is 1. The average molecular weight is 343 g/mol. The molecule has 3 rings (SSSR count). The van der Waals surface area contributed by atoms with E-state index in [1.165, 1.54) is 16.6 Å². The van der Waals surface area contributed by atoms with Crippen LogP contribution in [0.1, 0.15) is 31.9 Å². The molecule has 0 saturated carbocycles. The zero-order valence-corrected chi connectivity index (χ0v) is 15.3. The van der Waals surface area contributed by atoms with Crippen LogP contribution in [-0.4, -0.2) is 47.8 Å². The minimum atomic E-state index is 0.0199. The van der Waals surface area contributed by atoms with Crippen LogP contribution in [-0.2, 0) is 11.3 Å². The van der Waals surface area contributed by atoms with E-state index in [0.29, 0.717) is 13.1 Å². The summed E-state index contributed by atoms with van der Waals surface area (Å²) in [4.78, 5) is 14.4. The first-order valence-electron chi connectivity index (χ1n) is 9.38. The number of amides is 2. The molecule has 1 N–H and O–H groups in total. The van der Waals surface area contributed by atoms with Gasteiger partial charge in [-0.1, -0.05) is 25.1 Å². The van der Waals surface area contributed by atoms with Crippen LogP contribution in [0.3, 0.4) is 0 Å². The monoisotopic (exact) mass is 343 g/mol. The molecule has 1 aliphatic rings. The third kappa shape index (κ3) is 4.34. The van der Waals surface area contributed by atoms with Gasteiger partial charge in [-0.2, -0.15) is 0 Å². The predicted octanol–water partition coefficient (Wildman–Crippen LogP) is 3.55. The number of hydrogen-bond donors (Lipinski definition) is 1. The lowest BCUT2D eigenvalue weighted by Gasteiger charge is -2.25. The summed E-state index contributed by atoms with van der Waals surface area (Å²) in [6.07, 6.45) is 3.32. The van der Waals surface area contributed by atoms with Gasteiger partial charge in [-0.05, 0) is 43.7 Å². The number of ether oxygens (including phenoxy) is 1. The van der Waals surface area contributed by atoms with Gasteiger partial charge in [0.25, 0.3) is 0 Å². The number of urea groups is 1.